The summed E-state index contributed by atoms with van der Waals surface area (Å²) in [6, 6.07) is 16.3. The SMILES string of the molecule is Cc1cc(-c2ccc3nc(C(N)Cc4cccc(F)c4)[nH]c3c2)ccn1. The van der Waals surface area contributed by atoms with Gasteiger partial charge >= 0.3 is 0 Å². The van der Waals surface area contributed by atoms with Crippen LogP contribution in [0.5, 0.6) is 0 Å². The van der Waals surface area contributed by atoms with E-state index in [9.17, 15) is 4.39 Å². The lowest BCUT2D eigenvalue weighted by Crippen LogP contribution is -2.15. The van der Waals surface area contributed by atoms with Gasteiger partial charge in [-0.15, -0.1) is 0 Å². The van der Waals surface area contributed by atoms with Crippen molar-refractivity contribution in [2.45, 2.75) is 19.4 Å². The first-order chi connectivity index (χ1) is 12.6. The molecule has 2 aromatic carbocycles. The predicted molar refractivity (Wildman–Crippen MR) is 101 cm³/mol. The average Bonchev–Trinajstić information content (AvgIpc) is 3.05. The summed E-state index contributed by atoms with van der Waals surface area (Å²) in [5.74, 6) is 0.448. The van der Waals surface area contributed by atoms with Crippen LogP contribution < -0.4 is 5.73 Å². The maximum atomic E-state index is 13.4. The smallest absolute Gasteiger partial charge is 0.124 e. The Bertz CT molecular complexity index is 1070. The van der Waals surface area contributed by atoms with Gasteiger partial charge in [0.15, 0.2) is 0 Å². The summed E-state index contributed by atoms with van der Waals surface area (Å²) < 4.78 is 13.4. The largest absolute Gasteiger partial charge is 0.341 e. The number of hydrogen-bond acceptors (Lipinski definition) is 3. The normalized spacial score (nSPS) is 12.4. The van der Waals surface area contributed by atoms with Crippen LogP contribution in [-0.4, -0.2) is 15.0 Å². The molecule has 0 saturated heterocycles. The number of H-pyrrole nitrogens is 1. The zero-order valence-corrected chi connectivity index (χ0v) is 14.4. The maximum Gasteiger partial charge on any atom is 0.124 e. The number of fused-ring (bicyclic) bond motifs is 1. The fourth-order valence-electron chi connectivity index (χ4n) is 3.12. The van der Waals surface area contributed by atoms with E-state index in [1.165, 1.54) is 12.1 Å². The van der Waals surface area contributed by atoms with E-state index < -0.39 is 0 Å². The van der Waals surface area contributed by atoms with Crippen molar-refractivity contribution in [2.75, 3.05) is 0 Å². The highest BCUT2D eigenvalue weighted by atomic mass is 19.1. The number of hydrogen-bond donors (Lipinski definition) is 2. The van der Waals surface area contributed by atoms with Crippen LogP contribution >= 0.6 is 0 Å². The van der Waals surface area contributed by atoms with E-state index >= 15 is 0 Å². The summed E-state index contributed by atoms with van der Waals surface area (Å²) >= 11 is 0. The lowest BCUT2D eigenvalue weighted by molar-refractivity contribution is 0.619. The molecule has 0 amide bonds. The molecule has 2 aromatic heterocycles. The van der Waals surface area contributed by atoms with Gasteiger partial charge < -0.3 is 10.7 Å². The summed E-state index contributed by atoms with van der Waals surface area (Å²) in [5.41, 5.74) is 12.1. The Kier molecular flexibility index (Phi) is 4.22. The van der Waals surface area contributed by atoms with Crippen LogP contribution in [0.1, 0.15) is 23.1 Å². The number of aromatic amines is 1. The fourth-order valence-corrected chi connectivity index (χ4v) is 3.12. The van der Waals surface area contributed by atoms with Crippen LogP contribution in [0.4, 0.5) is 4.39 Å². The molecule has 5 heteroatoms. The van der Waals surface area contributed by atoms with Crippen LogP contribution in [0.2, 0.25) is 0 Å². The van der Waals surface area contributed by atoms with Gasteiger partial charge in [-0.3, -0.25) is 4.98 Å². The van der Waals surface area contributed by atoms with Gasteiger partial charge in [-0.1, -0.05) is 18.2 Å². The van der Waals surface area contributed by atoms with Crippen molar-refractivity contribution in [3.05, 3.63) is 83.7 Å². The minimum atomic E-state index is -0.323. The lowest BCUT2D eigenvalue weighted by Gasteiger charge is -2.08. The second kappa shape index (κ2) is 6.69. The van der Waals surface area contributed by atoms with Gasteiger partial charge in [-0.05, 0) is 66.4 Å². The van der Waals surface area contributed by atoms with Crippen molar-refractivity contribution < 1.29 is 4.39 Å². The molecule has 3 N–H and O–H groups in total. The third-order valence-corrected chi connectivity index (χ3v) is 4.43. The molecule has 0 aliphatic heterocycles. The van der Waals surface area contributed by atoms with Crippen molar-refractivity contribution in [1.82, 2.24) is 15.0 Å². The number of nitrogens with one attached hydrogen (secondary N) is 1. The molecule has 0 saturated carbocycles. The van der Waals surface area contributed by atoms with Crippen molar-refractivity contribution in [1.29, 1.82) is 0 Å². The summed E-state index contributed by atoms with van der Waals surface area (Å²) in [6.07, 6.45) is 2.33. The summed E-state index contributed by atoms with van der Waals surface area (Å²) in [7, 11) is 0. The number of aromatic nitrogens is 3. The standard InChI is InChI=1S/C21H19FN4/c1-13-9-16(7-8-24-13)15-5-6-19-20(12-15)26-21(25-19)18(23)11-14-3-2-4-17(22)10-14/h2-10,12,18H,11,23H2,1H3,(H,25,26). The second-order valence-corrected chi connectivity index (χ2v) is 6.48. The fraction of sp³-hybridized carbons (Fsp3) is 0.143. The number of nitrogens with zero attached hydrogens (tertiary/aromatic N) is 2. The molecule has 0 bridgehead atoms. The van der Waals surface area contributed by atoms with E-state index in [1.807, 2.05) is 43.5 Å². The molecule has 2 heterocycles. The molecule has 1 unspecified atom stereocenters. The van der Waals surface area contributed by atoms with E-state index in [4.69, 9.17) is 5.73 Å². The summed E-state index contributed by atoms with van der Waals surface area (Å²) in [5, 5.41) is 0. The first kappa shape index (κ1) is 16.4. The van der Waals surface area contributed by atoms with Crippen molar-refractivity contribution in [3.63, 3.8) is 0 Å². The summed E-state index contributed by atoms with van der Waals surface area (Å²) in [6.45, 7) is 1.97. The van der Waals surface area contributed by atoms with Gasteiger partial charge in [0.1, 0.15) is 11.6 Å². The first-order valence-corrected chi connectivity index (χ1v) is 8.51. The Labute approximate surface area is 150 Å². The Morgan fingerprint density at radius 1 is 1.08 bits per heavy atom. The molecular weight excluding hydrogens is 327 g/mol. The van der Waals surface area contributed by atoms with E-state index in [0.717, 1.165) is 33.4 Å². The van der Waals surface area contributed by atoms with Crippen LogP contribution in [0.3, 0.4) is 0 Å². The van der Waals surface area contributed by atoms with Crippen molar-refractivity contribution >= 4 is 11.0 Å². The molecule has 0 aliphatic carbocycles. The van der Waals surface area contributed by atoms with Crippen LogP contribution in [0.15, 0.2) is 60.8 Å². The second-order valence-electron chi connectivity index (χ2n) is 6.48. The Morgan fingerprint density at radius 2 is 1.92 bits per heavy atom. The van der Waals surface area contributed by atoms with E-state index in [1.54, 1.807) is 6.07 Å². The lowest BCUT2D eigenvalue weighted by atomic mass is 10.1. The maximum absolute atomic E-state index is 13.4. The van der Waals surface area contributed by atoms with E-state index in [-0.39, 0.29) is 11.9 Å². The van der Waals surface area contributed by atoms with Gasteiger partial charge in [-0.25, -0.2) is 9.37 Å². The number of aryl methyl sites for hydroxylation is 1. The quantitative estimate of drug-likeness (QED) is 0.578. The van der Waals surface area contributed by atoms with E-state index in [2.05, 4.69) is 21.0 Å². The molecule has 0 spiro atoms. The third-order valence-electron chi connectivity index (χ3n) is 4.43. The number of pyridine rings is 1. The summed E-state index contributed by atoms with van der Waals surface area (Å²) in [4.78, 5) is 12.1. The molecule has 4 aromatic rings. The zero-order chi connectivity index (χ0) is 18.1. The number of imidazole rings is 1. The number of benzene rings is 2. The van der Waals surface area contributed by atoms with Crippen molar-refractivity contribution in [2.24, 2.45) is 5.73 Å². The molecule has 1 atom stereocenters. The first-order valence-electron chi connectivity index (χ1n) is 8.51. The molecule has 0 fully saturated rings. The molecule has 0 aliphatic rings. The Morgan fingerprint density at radius 3 is 2.73 bits per heavy atom. The van der Waals surface area contributed by atoms with Gasteiger partial charge in [0.05, 0.1) is 17.1 Å². The minimum Gasteiger partial charge on any atom is -0.341 e. The molecular formula is C21H19FN4. The highest BCUT2D eigenvalue weighted by Gasteiger charge is 2.13. The molecule has 130 valence electrons. The molecule has 4 nitrogen and oxygen atoms in total. The van der Waals surface area contributed by atoms with Gasteiger partial charge in [0.2, 0.25) is 0 Å². The predicted octanol–water partition coefficient (Wildman–Crippen LogP) is 4.31. The van der Waals surface area contributed by atoms with Gasteiger partial charge in [0, 0.05) is 11.9 Å². The van der Waals surface area contributed by atoms with Crippen LogP contribution in [-0.2, 0) is 6.42 Å². The average molecular weight is 346 g/mol. The Balaban J connectivity index is 1.63. The number of halogens is 1. The highest BCUT2D eigenvalue weighted by molar-refractivity contribution is 5.82. The number of nitrogens with two attached hydrogens (primary N) is 1. The van der Waals surface area contributed by atoms with Crippen LogP contribution in [0, 0.1) is 12.7 Å². The topological polar surface area (TPSA) is 67.6 Å². The van der Waals surface area contributed by atoms with Gasteiger partial charge in [0.25, 0.3) is 0 Å². The minimum absolute atomic E-state index is 0.253. The highest BCUT2D eigenvalue weighted by Crippen LogP contribution is 2.25. The zero-order valence-electron chi connectivity index (χ0n) is 14.4. The number of rotatable bonds is 4. The Hall–Kier alpha value is -3.05. The van der Waals surface area contributed by atoms with Crippen molar-refractivity contribution in [3.8, 4) is 11.1 Å². The molecule has 4 rings (SSSR count). The van der Waals surface area contributed by atoms with Gasteiger partial charge in [-0.2, -0.15) is 0 Å². The monoisotopic (exact) mass is 346 g/mol. The molecule has 0 radical (unpaired) electrons. The van der Waals surface area contributed by atoms with Crippen LogP contribution in [0.25, 0.3) is 22.2 Å². The third kappa shape index (κ3) is 3.34. The molecule has 26 heavy (non-hydrogen) atoms. The van der Waals surface area contributed by atoms with E-state index in [0.29, 0.717) is 12.2 Å².